The summed E-state index contributed by atoms with van der Waals surface area (Å²) < 4.78 is 22.9. The molecule has 9 nitrogen and oxygen atoms in total. The van der Waals surface area contributed by atoms with Crippen LogP contribution in [-0.4, -0.2) is 47.5 Å². The SMILES string of the molecule is COc1cc(C(=O)O)ccc1-c1cc2nccc(-c3ccc(OC4CCOCC4)c(C#N)n3)c2o1. The number of benzene rings is 1. The number of rotatable bonds is 6. The van der Waals surface area contributed by atoms with Crippen molar-refractivity contribution in [3.05, 3.63) is 59.9 Å². The van der Waals surface area contributed by atoms with Crippen molar-refractivity contribution >= 4 is 17.1 Å². The molecule has 0 saturated carbocycles. The fraction of sp³-hybridized carbons (Fsp3) is 0.231. The molecule has 176 valence electrons. The fourth-order valence-electron chi connectivity index (χ4n) is 4.05. The lowest BCUT2D eigenvalue weighted by Gasteiger charge is -2.23. The van der Waals surface area contributed by atoms with Crippen LogP contribution in [0.25, 0.3) is 33.7 Å². The van der Waals surface area contributed by atoms with Crippen molar-refractivity contribution in [3.63, 3.8) is 0 Å². The number of furan rings is 1. The van der Waals surface area contributed by atoms with E-state index in [9.17, 15) is 15.2 Å². The van der Waals surface area contributed by atoms with Crippen LogP contribution in [0.1, 0.15) is 28.9 Å². The van der Waals surface area contributed by atoms with E-state index in [1.54, 1.807) is 36.5 Å². The van der Waals surface area contributed by atoms with Gasteiger partial charge in [-0.1, -0.05) is 0 Å². The first-order valence-corrected chi connectivity index (χ1v) is 11.0. The second-order valence-electron chi connectivity index (χ2n) is 7.99. The molecule has 0 unspecified atom stereocenters. The highest BCUT2D eigenvalue weighted by Crippen LogP contribution is 2.37. The van der Waals surface area contributed by atoms with Crippen LogP contribution >= 0.6 is 0 Å². The molecule has 1 aromatic carbocycles. The molecule has 35 heavy (non-hydrogen) atoms. The molecule has 0 atom stereocenters. The van der Waals surface area contributed by atoms with Gasteiger partial charge < -0.3 is 23.7 Å². The molecule has 5 rings (SSSR count). The molecular weight excluding hydrogens is 450 g/mol. The van der Waals surface area contributed by atoms with Crippen LogP contribution in [0.2, 0.25) is 0 Å². The zero-order valence-corrected chi connectivity index (χ0v) is 18.9. The number of ether oxygens (including phenoxy) is 3. The van der Waals surface area contributed by atoms with Crippen molar-refractivity contribution in [2.24, 2.45) is 0 Å². The monoisotopic (exact) mass is 471 g/mol. The minimum absolute atomic E-state index is 0.00809. The number of nitriles is 1. The van der Waals surface area contributed by atoms with Crippen LogP contribution < -0.4 is 9.47 Å². The summed E-state index contributed by atoms with van der Waals surface area (Å²) in [6, 6.07) is 13.7. The standard InChI is InChI=1S/C26H21N3O6/c1-32-23-12-15(26(30)31)2-3-18(23)24-13-20-25(35-24)17(6-9-28-20)19-4-5-22(21(14-27)29-19)34-16-7-10-33-11-8-16/h2-6,9,12-13,16H,7-8,10-11H2,1H3,(H,30,31). The van der Waals surface area contributed by atoms with E-state index < -0.39 is 5.97 Å². The van der Waals surface area contributed by atoms with Crippen LogP contribution in [0.4, 0.5) is 0 Å². The zero-order chi connectivity index (χ0) is 24.4. The van der Waals surface area contributed by atoms with Crippen LogP contribution in [-0.2, 0) is 4.74 Å². The van der Waals surface area contributed by atoms with Gasteiger partial charge in [0.25, 0.3) is 0 Å². The number of fused-ring (bicyclic) bond motifs is 1. The predicted octanol–water partition coefficient (Wildman–Crippen LogP) is 4.69. The van der Waals surface area contributed by atoms with Crippen LogP contribution in [0.3, 0.4) is 0 Å². The second-order valence-corrected chi connectivity index (χ2v) is 7.99. The average Bonchev–Trinajstić information content (AvgIpc) is 3.33. The third-order valence-electron chi connectivity index (χ3n) is 5.83. The maximum absolute atomic E-state index is 11.3. The van der Waals surface area contributed by atoms with E-state index in [0.717, 1.165) is 12.8 Å². The van der Waals surface area contributed by atoms with E-state index in [1.807, 2.05) is 0 Å². The number of nitrogens with zero attached hydrogens (tertiary/aromatic N) is 3. The molecule has 0 aliphatic carbocycles. The van der Waals surface area contributed by atoms with E-state index in [4.69, 9.17) is 18.6 Å². The number of carboxylic acid groups (broad SMARTS) is 1. The quantitative estimate of drug-likeness (QED) is 0.426. The largest absolute Gasteiger partial charge is 0.496 e. The zero-order valence-electron chi connectivity index (χ0n) is 18.9. The normalized spacial score (nSPS) is 13.9. The van der Waals surface area contributed by atoms with Crippen molar-refractivity contribution in [1.29, 1.82) is 5.26 Å². The third kappa shape index (κ3) is 4.39. The Balaban J connectivity index is 1.53. The first-order valence-electron chi connectivity index (χ1n) is 11.0. The van der Waals surface area contributed by atoms with Gasteiger partial charge in [-0.2, -0.15) is 5.26 Å². The highest BCUT2D eigenvalue weighted by molar-refractivity contribution is 5.93. The van der Waals surface area contributed by atoms with Gasteiger partial charge in [0.1, 0.15) is 29.2 Å². The van der Waals surface area contributed by atoms with Crippen LogP contribution in [0.5, 0.6) is 11.5 Å². The Morgan fingerprint density at radius 1 is 1.11 bits per heavy atom. The van der Waals surface area contributed by atoms with Crippen molar-refractivity contribution < 1.29 is 28.5 Å². The summed E-state index contributed by atoms with van der Waals surface area (Å²) in [6.45, 7) is 1.27. The third-order valence-corrected chi connectivity index (χ3v) is 5.83. The maximum Gasteiger partial charge on any atom is 0.335 e. The Labute approximate surface area is 200 Å². The van der Waals surface area contributed by atoms with E-state index in [2.05, 4.69) is 16.0 Å². The Morgan fingerprint density at radius 3 is 2.69 bits per heavy atom. The molecule has 1 N–H and O–H groups in total. The van der Waals surface area contributed by atoms with Gasteiger partial charge in [0.2, 0.25) is 0 Å². The highest BCUT2D eigenvalue weighted by Gasteiger charge is 2.20. The Hall–Kier alpha value is -4.42. The number of hydrogen-bond acceptors (Lipinski definition) is 8. The minimum Gasteiger partial charge on any atom is -0.496 e. The summed E-state index contributed by atoms with van der Waals surface area (Å²) in [5.41, 5.74) is 3.17. The van der Waals surface area contributed by atoms with Crippen molar-refractivity contribution in [2.75, 3.05) is 20.3 Å². The summed E-state index contributed by atoms with van der Waals surface area (Å²) in [4.78, 5) is 20.2. The highest BCUT2D eigenvalue weighted by atomic mass is 16.5. The first kappa shape index (κ1) is 22.4. The number of methoxy groups -OCH3 is 1. The Morgan fingerprint density at radius 2 is 1.94 bits per heavy atom. The van der Waals surface area contributed by atoms with Crippen LogP contribution in [0, 0.1) is 11.3 Å². The lowest BCUT2D eigenvalue weighted by atomic mass is 10.1. The molecule has 0 spiro atoms. The molecule has 4 aromatic rings. The Bertz CT molecular complexity index is 1450. The molecule has 0 amide bonds. The molecule has 3 aromatic heterocycles. The molecular formula is C26H21N3O6. The number of pyridine rings is 2. The Kier molecular flexibility index (Phi) is 6.04. The van der Waals surface area contributed by atoms with E-state index >= 15 is 0 Å². The maximum atomic E-state index is 11.3. The number of aromatic nitrogens is 2. The van der Waals surface area contributed by atoms with E-state index in [0.29, 0.717) is 58.4 Å². The van der Waals surface area contributed by atoms with Gasteiger partial charge in [-0.25, -0.2) is 9.78 Å². The van der Waals surface area contributed by atoms with Gasteiger partial charge >= 0.3 is 5.97 Å². The average molecular weight is 471 g/mol. The minimum atomic E-state index is -1.05. The van der Waals surface area contributed by atoms with Crippen molar-refractivity contribution in [2.45, 2.75) is 18.9 Å². The van der Waals surface area contributed by atoms with E-state index in [-0.39, 0.29) is 17.4 Å². The first-order chi connectivity index (χ1) is 17.1. The number of hydrogen-bond donors (Lipinski definition) is 1. The summed E-state index contributed by atoms with van der Waals surface area (Å²) in [5.74, 6) is 0.225. The molecule has 1 fully saturated rings. The molecule has 1 aliphatic heterocycles. The van der Waals surface area contributed by atoms with Gasteiger partial charge in [0.05, 0.1) is 37.1 Å². The van der Waals surface area contributed by atoms with Gasteiger partial charge in [0.15, 0.2) is 17.0 Å². The molecule has 4 heterocycles. The van der Waals surface area contributed by atoms with Gasteiger partial charge in [-0.05, 0) is 36.4 Å². The predicted molar refractivity (Wildman–Crippen MR) is 125 cm³/mol. The number of aromatic carboxylic acids is 1. The van der Waals surface area contributed by atoms with Crippen molar-refractivity contribution in [3.8, 4) is 40.1 Å². The molecule has 9 heteroatoms. The molecule has 1 aliphatic rings. The van der Waals surface area contributed by atoms with Gasteiger partial charge in [0, 0.05) is 30.7 Å². The summed E-state index contributed by atoms with van der Waals surface area (Å²) in [7, 11) is 1.47. The summed E-state index contributed by atoms with van der Waals surface area (Å²) in [6.07, 6.45) is 3.17. The molecule has 1 saturated heterocycles. The van der Waals surface area contributed by atoms with E-state index in [1.165, 1.54) is 19.2 Å². The van der Waals surface area contributed by atoms with Gasteiger partial charge in [-0.15, -0.1) is 0 Å². The lowest BCUT2D eigenvalue weighted by Crippen LogP contribution is -2.26. The summed E-state index contributed by atoms with van der Waals surface area (Å²) >= 11 is 0. The smallest absolute Gasteiger partial charge is 0.335 e. The fourth-order valence-corrected chi connectivity index (χ4v) is 4.05. The number of carboxylic acids is 1. The second kappa shape index (κ2) is 9.44. The van der Waals surface area contributed by atoms with Crippen molar-refractivity contribution in [1.82, 2.24) is 9.97 Å². The lowest BCUT2D eigenvalue weighted by molar-refractivity contribution is 0.0253. The van der Waals surface area contributed by atoms with Crippen LogP contribution in [0.15, 0.2) is 53.1 Å². The molecule has 0 bridgehead atoms. The number of carbonyl (C=O) groups is 1. The molecule has 0 radical (unpaired) electrons. The van der Waals surface area contributed by atoms with Gasteiger partial charge in [-0.3, -0.25) is 4.98 Å². The summed E-state index contributed by atoms with van der Waals surface area (Å²) in [5, 5.41) is 19.0. The topological polar surface area (TPSA) is 128 Å².